The zero-order chi connectivity index (χ0) is 23.8. The number of aromatic nitrogens is 4. The van der Waals surface area contributed by atoms with Crippen molar-refractivity contribution in [1.29, 1.82) is 0 Å². The van der Waals surface area contributed by atoms with Gasteiger partial charge in [0.05, 0.1) is 5.52 Å². The number of carbonyl (C=O) groups excluding carboxylic acids is 1. The van der Waals surface area contributed by atoms with Gasteiger partial charge in [0.15, 0.2) is 10.9 Å². The first-order chi connectivity index (χ1) is 16.6. The molecule has 0 radical (unpaired) electrons. The van der Waals surface area contributed by atoms with E-state index in [0.29, 0.717) is 41.9 Å². The fourth-order valence-electron chi connectivity index (χ4n) is 3.03. The highest BCUT2D eigenvalue weighted by Crippen LogP contribution is 2.22. The fraction of sp³-hybridized carbons (Fsp3) is 0.261. The average molecular weight is 479 g/mol. The summed E-state index contributed by atoms with van der Waals surface area (Å²) in [5, 5.41) is 9.40. The van der Waals surface area contributed by atoms with Crippen molar-refractivity contribution in [2.45, 2.75) is 6.42 Å². The van der Waals surface area contributed by atoms with Gasteiger partial charge in [0.25, 0.3) is 0 Å². The molecule has 0 unspecified atom stereocenters. The van der Waals surface area contributed by atoms with Gasteiger partial charge in [-0.25, -0.2) is 24.7 Å². The Kier molecular flexibility index (Phi) is 7.79. The zero-order valence-corrected chi connectivity index (χ0v) is 19.8. The number of likely N-dealkylation sites (N-methyl/N-ethyl adjacent to an activating group) is 1. The Hall–Kier alpha value is -3.83. The summed E-state index contributed by atoms with van der Waals surface area (Å²) >= 11 is 1.43. The lowest BCUT2D eigenvalue weighted by atomic mass is 10.3. The molecule has 2 amide bonds. The number of amides is 2. The van der Waals surface area contributed by atoms with Gasteiger partial charge in [0, 0.05) is 42.3 Å². The molecule has 0 aliphatic heterocycles. The predicted octanol–water partition coefficient (Wildman–Crippen LogP) is 3.72. The molecule has 0 spiro atoms. The van der Waals surface area contributed by atoms with Crippen LogP contribution in [0.25, 0.3) is 11.0 Å². The van der Waals surface area contributed by atoms with Gasteiger partial charge in [0.1, 0.15) is 18.5 Å². The number of fused-ring (bicyclic) bond motifs is 1. The number of urea groups is 1. The van der Waals surface area contributed by atoms with Gasteiger partial charge in [-0.1, -0.05) is 18.2 Å². The van der Waals surface area contributed by atoms with Crippen LogP contribution in [0.5, 0.6) is 5.88 Å². The number of pyridine rings is 1. The summed E-state index contributed by atoms with van der Waals surface area (Å²) in [4.78, 5) is 32.7. The van der Waals surface area contributed by atoms with Gasteiger partial charge in [0.2, 0.25) is 5.88 Å². The Morgan fingerprint density at radius 2 is 1.91 bits per heavy atom. The highest BCUT2D eigenvalue weighted by molar-refractivity contribution is 7.15. The smallest absolute Gasteiger partial charge is 0.325 e. The van der Waals surface area contributed by atoms with Gasteiger partial charge in [-0.2, -0.15) is 0 Å². The van der Waals surface area contributed by atoms with Crippen LogP contribution in [0.3, 0.4) is 0 Å². The summed E-state index contributed by atoms with van der Waals surface area (Å²) in [5.41, 5.74) is 2.12. The first-order valence-corrected chi connectivity index (χ1v) is 11.6. The minimum absolute atomic E-state index is 0.327. The minimum atomic E-state index is -0.327. The maximum absolute atomic E-state index is 12.1. The number of hydrogen-bond donors (Lipinski definition) is 3. The third-order valence-corrected chi connectivity index (χ3v) is 5.69. The maximum atomic E-state index is 12.1. The summed E-state index contributed by atoms with van der Waals surface area (Å²) in [6.45, 7) is 1.97. The third-order valence-electron chi connectivity index (χ3n) is 4.71. The summed E-state index contributed by atoms with van der Waals surface area (Å²) in [6.07, 6.45) is 3.99. The lowest BCUT2D eigenvalue weighted by Gasteiger charge is -2.11. The number of carbonyl (C=O) groups is 1. The number of hydrogen-bond acceptors (Lipinski definition) is 9. The molecule has 3 heterocycles. The molecule has 0 aliphatic rings. The van der Waals surface area contributed by atoms with Crippen LogP contribution >= 0.6 is 11.3 Å². The lowest BCUT2D eigenvalue weighted by Crippen LogP contribution is -2.19. The first-order valence-electron chi connectivity index (χ1n) is 10.8. The zero-order valence-electron chi connectivity index (χ0n) is 19.0. The van der Waals surface area contributed by atoms with Crippen LogP contribution in [0.4, 0.5) is 21.4 Å². The number of nitrogens with zero attached hydrogens (tertiary/aromatic N) is 5. The van der Waals surface area contributed by atoms with Crippen LogP contribution in [0.1, 0.15) is 4.88 Å². The average Bonchev–Trinajstić information content (AvgIpc) is 3.26. The van der Waals surface area contributed by atoms with E-state index in [9.17, 15) is 4.79 Å². The van der Waals surface area contributed by atoms with E-state index < -0.39 is 0 Å². The molecule has 0 fully saturated rings. The van der Waals surface area contributed by atoms with Crippen molar-refractivity contribution >= 4 is 45.0 Å². The number of ether oxygens (including phenoxy) is 1. The SMILES string of the molecule is CN(C)CCOc1ccc2ncnc(NCCc3cnc(NC(=O)Nc4ccccc4)s3)c2n1. The van der Waals surface area contributed by atoms with Crippen LogP contribution in [-0.4, -0.2) is 64.7 Å². The van der Waals surface area contributed by atoms with Crippen molar-refractivity contribution in [1.82, 2.24) is 24.8 Å². The van der Waals surface area contributed by atoms with Crippen LogP contribution in [-0.2, 0) is 6.42 Å². The molecule has 0 bridgehead atoms. The lowest BCUT2D eigenvalue weighted by molar-refractivity contribution is 0.254. The molecule has 0 saturated heterocycles. The molecule has 3 aromatic heterocycles. The molecule has 1 aromatic carbocycles. The number of nitrogens with one attached hydrogen (secondary N) is 3. The minimum Gasteiger partial charge on any atom is -0.476 e. The first kappa shape index (κ1) is 23.3. The summed E-state index contributed by atoms with van der Waals surface area (Å²) in [5.74, 6) is 1.19. The fourth-order valence-corrected chi connectivity index (χ4v) is 3.84. The molecule has 4 rings (SSSR count). The second kappa shape index (κ2) is 11.3. The van der Waals surface area contributed by atoms with Crippen LogP contribution in [0.2, 0.25) is 0 Å². The van der Waals surface area contributed by atoms with E-state index in [1.165, 1.54) is 17.7 Å². The molecule has 176 valence electrons. The van der Waals surface area contributed by atoms with Gasteiger partial charge in [-0.15, -0.1) is 11.3 Å². The number of benzene rings is 1. The number of para-hydroxylation sites is 1. The van der Waals surface area contributed by atoms with Crippen molar-refractivity contribution in [3.8, 4) is 5.88 Å². The van der Waals surface area contributed by atoms with E-state index in [4.69, 9.17) is 4.74 Å². The van der Waals surface area contributed by atoms with Gasteiger partial charge < -0.3 is 20.3 Å². The molecule has 4 aromatic rings. The monoisotopic (exact) mass is 478 g/mol. The van der Waals surface area contributed by atoms with E-state index in [2.05, 4.69) is 35.9 Å². The summed E-state index contributed by atoms with van der Waals surface area (Å²) < 4.78 is 5.74. The molecule has 0 saturated carbocycles. The van der Waals surface area contributed by atoms with Crippen molar-refractivity contribution in [2.24, 2.45) is 0 Å². The Balaban J connectivity index is 1.31. The number of rotatable bonds is 10. The summed E-state index contributed by atoms with van der Waals surface area (Å²) in [7, 11) is 3.99. The largest absolute Gasteiger partial charge is 0.476 e. The second-order valence-corrected chi connectivity index (χ2v) is 8.76. The molecular weight excluding hydrogens is 452 g/mol. The number of thiazole rings is 1. The standard InChI is InChI=1S/C23H26N8O2S/c1-31(2)12-13-33-19-9-8-18-20(29-19)21(27-15-26-18)24-11-10-17-14-25-23(34-17)30-22(32)28-16-6-4-3-5-7-16/h3-9,14-15H,10-13H2,1-2H3,(H,24,26,27)(H2,25,28,30,32). The maximum Gasteiger partial charge on any atom is 0.325 e. The molecule has 34 heavy (non-hydrogen) atoms. The molecule has 3 N–H and O–H groups in total. The molecule has 0 aliphatic carbocycles. The van der Waals surface area contributed by atoms with Crippen molar-refractivity contribution in [3.05, 3.63) is 59.9 Å². The van der Waals surface area contributed by atoms with Crippen molar-refractivity contribution in [3.63, 3.8) is 0 Å². The predicted molar refractivity (Wildman–Crippen MR) is 135 cm³/mol. The van der Waals surface area contributed by atoms with E-state index in [0.717, 1.165) is 22.6 Å². The second-order valence-electron chi connectivity index (χ2n) is 7.64. The Morgan fingerprint density at radius 3 is 2.74 bits per heavy atom. The van der Waals surface area contributed by atoms with Crippen molar-refractivity contribution < 1.29 is 9.53 Å². The van der Waals surface area contributed by atoms with E-state index >= 15 is 0 Å². The van der Waals surface area contributed by atoms with E-state index in [1.54, 1.807) is 6.20 Å². The molecule has 10 nitrogen and oxygen atoms in total. The van der Waals surface area contributed by atoms with Crippen LogP contribution in [0, 0.1) is 0 Å². The molecular formula is C23H26N8O2S. The van der Waals surface area contributed by atoms with Crippen LogP contribution in [0.15, 0.2) is 55.0 Å². The normalized spacial score (nSPS) is 10.9. The Morgan fingerprint density at radius 1 is 1.06 bits per heavy atom. The van der Waals surface area contributed by atoms with Gasteiger partial charge >= 0.3 is 6.03 Å². The quantitative estimate of drug-likeness (QED) is 0.316. The number of anilines is 3. The highest BCUT2D eigenvalue weighted by atomic mass is 32.1. The highest BCUT2D eigenvalue weighted by Gasteiger charge is 2.10. The molecule has 0 atom stereocenters. The van der Waals surface area contributed by atoms with E-state index in [1.807, 2.05) is 61.5 Å². The van der Waals surface area contributed by atoms with Crippen LogP contribution < -0.4 is 20.7 Å². The third kappa shape index (κ3) is 6.59. The Bertz CT molecular complexity index is 1230. The van der Waals surface area contributed by atoms with Gasteiger partial charge in [-0.05, 0) is 32.3 Å². The summed E-state index contributed by atoms with van der Waals surface area (Å²) in [6, 6.07) is 12.6. The topological polar surface area (TPSA) is 117 Å². The van der Waals surface area contributed by atoms with E-state index in [-0.39, 0.29) is 6.03 Å². The van der Waals surface area contributed by atoms with Gasteiger partial charge in [-0.3, -0.25) is 5.32 Å². The van der Waals surface area contributed by atoms with Crippen molar-refractivity contribution in [2.75, 3.05) is 49.7 Å². The Labute approximate surface area is 201 Å². The molecule has 11 heteroatoms.